The Balaban J connectivity index is 2.30. The molecule has 0 radical (unpaired) electrons. The highest BCUT2D eigenvalue weighted by Gasteiger charge is 2.18. The van der Waals surface area contributed by atoms with E-state index in [9.17, 15) is 9.59 Å². The summed E-state index contributed by atoms with van der Waals surface area (Å²) >= 11 is 5.79. The van der Waals surface area contributed by atoms with Crippen LogP contribution in [0.1, 0.15) is 27.2 Å². The highest BCUT2D eigenvalue weighted by molar-refractivity contribution is 6.30. The normalized spacial score (nSPS) is 10.9. The van der Waals surface area contributed by atoms with Crippen molar-refractivity contribution in [1.82, 2.24) is 5.32 Å². The molecule has 0 aliphatic heterocycles. The van der Waals surface area contributed by atoms with Crippen LogP contribution in [0.3, 0.4) is 0 Å². The molecule has 0 bridgehead atoms. The summed E-state index contributed by atoms with van der Waals surface area (Å²) in [5.41, 5.74) is -0.319. The number of carbonyl (C=O) groups is 2. The average molecular weight is 314 g/mol. The summed E-state index contributed by atoms with van der Waals surface area (Å²) in [4.78, 5) is 23.1. The summed E-state index contributed by atoms with van der Waals surface area (Å²) in [6.07, 6.45) is 0.782. The monoisotopic (exact) mass is 313 g/mol. The fraction of sp³-hybridized carbons (Fsp3) is 0.467. The average Bonchev–Trinajstić information content (AvgIpc) is 2.42. The molecule has 6 heteroatoms. The minimum absolute atomic E-state index is 0.273. The van der Waals surface area contributed by atoms with E-state index in [0.717, 1.165) is 6.42 Å². The summed E-state index contributed by atoms with van der Waals surface area (Å²) in [6, 6.07) is 6.68. The molecule has 0 atom stereocenters. The van der Waals surface area contributed by atoms with Crippen LogP contribution in [0.5, 0.6) is 5.75 Å². The van der Waals surface area contributed by atoms with Crippen molar-refractivity contribution in [2.75, 3.05) is 13.2 Å². The fourth-order valence-corrected chi connectivity index (χ4v) is 1.57. The van der Waals surface area contributed by atoms with Crippen LogP contribution in [0, 0.1) is 0 Å². The van der Waals surface area contributed by atoms with E-state index in [2.05, 4.69) is 5.32 Å². The van der Waals surface area contributed by atoms with Gasteiger partial charge in [-0.3, -0.25) is 4.79 Å². The van der Waals surface area contributed by atoms with Gasteiger partial charge in [-0.1, -0.05) is 24.6 Å². The Morgan fingerprint density at radius 1 is 1.29 bits per heavy atom. The largest absolute Gasteiger partial charge is 0.482 e. The number of hydrogen-bond donors (Lipinski definition) is 1. The first-order chi connectivity index (χ1) is 9.82. The number of halogens is 1. The Morgan fingerprint density at radius 3 is 2.62 bits per heavy atom. The van der Waals surface area contributed by atoms with Gasteiger partial charge in [-0.2, -0.15) is 0 Å². The molecule has 0 heterocycles. The SMILES string of the molecule is CCC(C)(C)NC(=O)COC(=O)COc1cccc(Cl)c1. The van der Waals surface area contributed by atoms with Crippen molar-refractivity contribution in [2.45, 2.75) is 32.7 Å². The van der Waals surface area contributed by atoms with Gasteiger partial charge in [0.15, 0.2) is 13.2 Å². The minimum Gasteiger partial charge on any atom is -0.482 e. The zero-order valence-electron chi connectivity index (χ0n) is 12.4. The van der Waals surface area contributed by atoms with Crippen molar-refractivity contribution in [2.24, 2.45) is 0 Å². The molecular formula is C15H20ClNO4. The number of carbonyl (C=O) groups excluding carboxylic acids is 2. The lowest BCUT2D eigenvalue weighted by atomic mass is 10.0. The van der Waals surface area contributed by atoms with E-state index in [1.54, 1.807) is 24.3 Å². The molecule has 5 nitrogen and oxygen atoms in total. The van der Waals surface area contributed by atoms with Gasteiger partial charge in [0.25, 0.3) is 5.91 Å². The number of amides is 1. The predicted octanol–water partition coefficient (Wildman–Crippen LogP) is 2.57. The first-order valence-corrected chi connectivity index (χ1v) is 7.05. The highest BCUT2D eigenvalue weighted by atomic mass is 35.5. The van der Waals surface area contributed by atoms with Gasteiger partial charge in [0.05, 0.1) is 0 Å². The molecule has 0 unspecified atom stereocenters. The van der Waals surface area contributed by atoms with Crippen LogP contribution < -0.4 is 10.1 Å². The zero-order valence-corrected chi connectivity index (χ0v) is 13.2. The van der Waals surface area contributed by atoms with Gasteiger partial charge in [-0.05, 0) is 38.5 Å². The maximum atomic E-state index is 11.6. The Bertz CT molecular complexity index is 502. The fourth-order valence-electron chi connectivity index (χ4n) is 1.39. The molecule has 116 valence electrons. The first kappa shape index (κ1) is 17.3. The number of nitrogens with one attached hydrogen (secondary N) is 1. The van der Waals surface area contributed by atoms with E-state index >= 15 is 0 Å². The number of hydrogen-bond acceptors (Lipinski definition) is 4. The molecule has 0 fully saturated rings. The Labute approximate surface area is 129 Å². The van der Waals surface area contributed by atoms with Crippen molar-refractivity contribution in [3.63, 3.8) is 0 Å². The van der Waals surface area contributed by atoms with E-state index in [0.29, 0.717) is 10.8 Å². The molecule has 0 aromatic heterocycles. The van der Waals surface area contributed by atoms with Gasteiger partial charge in [-0.25, -0.2) is 4.79 Å². The second-order valence-electron chi connectivity index (χ2n) is 5.19. The van der Waals surface area contributed by atoms with E-state index < -0.39 is 5.97 Å². The van der Waals surface area contributed by atoms with Gasteiger partial charge in [-0.15, -0.1) is 0 Å². The molecule has 1 amide bonds. The highest BCUT2D eigenvalue weighted by Crippen LogP contribution is 2.16. The van der Waals surface area contributed by atoms with E-state index in [4.69, 9.17) is 21.1 Å². The van der Waals surface area contributed by atoms with Gasteiger partial charge < -0.3 is 14.8 Å². The lowest BCUT2D eigenvalue weighted by Gasteiger charge is -2.24. The van der Waals surface area contributed by atoms with Crippen molar-refractivity contribution in [3.05, 3.63) is 29.3 Å². The molecule has 0 spiro atoms. The van der Waals surface area contributed by atoms with Crippen LogP contribution in [-0.4, -0.2) is 30.6 Å². The maximum absolute atomic E-state index is 11.6. The van der Waals surface area contributed by atoms with Gasteiger partial charge in [0, 0.05) is 10.6 Å². The number of ether oxygens (including phenoxy) is 2. The Hall–Kier alpha value is -1.75. The van der Waals surface area contributed by atoms with Crippen molar-refractivity contribution >= 4 is 23.5 Å². The molecule has 0 aliphatic carbocycles. The second kappa shape index (κ2) is 7.88. The maximum Gasteiger partial charge on any atom is 0.344 e. The van der Waals surface area contributed by atoms with Crippen molar-refractivity contribution in [1.29, 1.82) is 0 Å². The molecular weight excluding hydrogens is 294 g/mol. The summed E-state index contributed by atoms with van der Waals surface area (Å²) in [5.74, 6) is -0.478. The zero-order chi connectivity index (χ0) is 15.9. The summed E-state index contributed by atoms with van der Waals surface area (Å²) in [6.45, 7) is 5.17. The Morgan fingerprint density at radius 2 is 2.00 bits per heavy atom. The van der Waals surface area contributed by atoms with Crippen LogP contribution in [0.4, 0.5) is 0 Å². The molecule has 1 N–H and O–H groups in total. The second-order valence-corrected chi connectivity index (χ2v) is 5.63. The van der Waals surface area contributed by atoms with E-state index in [1.165, 1.54) is 0 Å². The molecule has 1 aromatic carbocycles. The molecule has 0 saturated heterocycles. The Kier molecular flexibility index (Phi) is 6.49. The molecule has 1 rings (SSSR count). The number of benzene rings is 1. The summed E-state index contributed by atoms with van der Waals surface area (Å²) in [5, 5.41) is 3.28. The smallest absolute Gasteiger partial charge is 0.344 e. The van der Waals surface area contributed by atoms with Crippen LogP contribution in [0.15, 0.2) is 24.3 Å². The summed E-state index contributed by atoms with van der Waals surface area (Å²) in [7, 11) is 0. The molecule has 1 aromatic rings. The third kappa shape index (κ3) is 6.99. The van der Waals surface area contributed by atoms with Gasteiger partial charge >= 0.3 is 5.97 Å². The first-order valence-electron chi connectivity index (χ1n) is 6.67. The van der Waals surface area contributed by atoms with Crippen LogP contribution >= 0.6 is 11.6 Å². The minimum atomic E-state index is -0.612. The van der Waals surface area contributed by atoms with Crippen molar-refractivity contribution in [3.8, 4) is 5.75 Å². The van der Waals surface area contributed by atoms with Gasteiger partial charge in [0.2, 0.25) is 0 Å². The standard InChI is InChI=1S/C15H20ClNO4/c1-4-15(2,3)17-13(18)9-21-14(19)10-20-12-7-5-6-11(16)8-12/h5-8H,4,9-10H2,1-3H3,(H,17,18). The van der Waals surface area contributed by atoms with Crippen LogP contribution in [-0.2, 0) is 14.3 Å². The van der Waals surface area contributed by atoms with Crippen LogP contribution in [0.2, 0.25) is 5.02 Å². The number of rotatable bonds is 7. The lowest BCUT2D eigenvalue weighted by Crippen LogP contribution is -2.44. The van der Waals surface area contributed by atoms with Gasteiger partial charge in [0.1, 0.15) is 5.75 Å². The third-order valence-electron chi connectivity index (χ3n) is 2.88. The molecule has 0 saturated carbocycles. The topological polar surface area (TPSA) is 64.6 Å². The quantitative estimate of drug-likeness (QED) is 0.786. The van der Waals surface area contributed by atoms with E-state index in [-0.39, 0.29) is 24.7 Å². The van der Waals surface area contributed by atoms with Crippen LogP contribution in [0.25, 0.3) is 0 Å². The third-order valence-corrected chi connectivity index (χ3v) is 3.11. The predicted molar refractivity (Wildman–Crippen MR) is 80.4 cm³/mol. The molecule has 21 heavy (non-hydrogen) atoms. The lowest BCUT2D eigenvalue weighted by molar-refractivity contribution is -0.150. The number of esters is 1. The molecule has 0 aliphatic rings. The van der Waals surface area contributed by atoms with Crippen molar-refractivity contribution < 1.29 is 19.1 Å². The summed E-state index contributed by atoms with van der Waals surface area (Å²) < 4.78 is 10.0. The van der Waals surface area contributed by atoms with E-state index in [1.807, 2.05) is 20.8 Å².